The third-order valence-corrected chi connectivity index (χ3v) is 12.9. The maximum atomic E-state index is 4.93. The molecular weight excluding hydrogens is 839 g/mol. The van der Waals surface area contributed by atoms with Crippen LogP contribution in [0.5, 0.6) is 0 Å². The predicted octanol–water partition coefficient (Wildman–Crippen LogP) is 15.1. The first kappa shape index (κ1) is 43.8. The van der Waals surface area contributed by atoms with Crippen molar-refractivity contribution in [2.24, 2.45) is 0 Å². The van der Waals surface area contributed by atoms with Crippen LogP contribution in [-0.4, -0.2) is 9.52 Å². The normalized spacial score (nSPS) is 12.2. The second-order valence-corrected chi connectivity index (χ2v) is 20.1. The number of benzene rings is 6. The van der Waals surface area contributed by atoms with Crippen molar-refractivity contribution in [1.82, 2.24) is 0 Å². The Bertz CT molecular complexity index is 2340. The summed E-state index contributed by atoms with van der Waals surface area (Å²) in [5.41, 5.74) is 14.1. The SMILES string of the molecule is CCc1cc2c(-c3ccccc3)c(C(C)CC)ccc2[cH-]1.CCc1cc2c(-c3ccccc3)c(C(C)CC)ccc2[cH-]1.[Cl][Zr][Cl].[c-]1cccc2c1[Si]c1ccccc1-2. The van der Waals surface area contributed by atoms with E-state index in [2.05, 4.69) is 193 Å². The summed E-state index contributed by atoms with van der Waals surface area (Å²) < 4.78 is 0. The van der Waals surface area contributed by atoms with Crippen LogP contribution < -0.4 is 10.4 Å². The summed E-state index contributed by atoms with van der Waals surface area (Å²) in [4.78, 5) is 0. The fraction of sp³-hybridized carbons (Fsp3) is 0.222. The minimum atomic E-state index is -0.826. The largest absolute Gasteiger partial charge is 0.184 e. The molecule has 8 aromatic carbocycles. The molecule has 2 radical (unpaired) electrons. The number of aryl methyl sites for hydroxylation is 2. The van der Waals surface area contributed by atoms with E-state index in [-0.39, 0.29) is 0 Å². The summed E-state index contributed by atoms with van der Waals surface area (Å²) in [6, 6.07) is 58.5. The van der Waals surface area contributed by atoms with Gasteiger partial charge in [0.05, 0.1) is 9.52 Å². The van der Waals surface area contributed by atoms with Crippen molar-refractivity contribution in [1.29, 1.82) is 0 Å². The number of fused-ring (bicyclic) bond motifs is 5. The van der Waals surface area contributed by atoms with E-state index in [4.69, 9.17) is 17.0 Å². The Labute approximate surface area is 368 Å². The summed E-state index contributed by atoms with van der Waals surface area (Å²) in [6.07, 6.45) is 4.54. The minimum absolute atomic E-state index is 0.588. The van der Waals surface area contributed by atoms with Crippen LogP contribution in [0.15, 0.2) is 152 Å². The molecule has 4 heteroatoms. The molecular formula is C54H53Cl2SiZr-3. The van der Waals surface area contributed by atoms with E-state index in [1.54, 1.807) is 0 Å². The van der Waals surface area contributed by atoms with Gasteiger partial charge in [-0.25, -0.2) is 0 Å². The smallest absolute Gasteiger partial charge is 0.0920 e. The number of hydrogen-bond acceptors (Lipinski definition) is 0. The molecule has 1 aliphatic heterocycles. The van der Waals surface area contributed by atoms with Crippen LogP contribution in [-0.2, 0) is 33.7 Å². The zero-order valence-electron chi connectivity index (χ0n) is 34.7. The van der Waals surface area contributed by atoms with E-state index in [0.717, 1.165) is 22.4 Å². The van der Waals surface area contributed by atoms with Crippen LogP contribution in [0.3, 0.4) is 0 Å². The molecule has 1 heterocycles. The van der Waals surface area contributed by atoms with Gasteiger partial charge in [0.1, 0.15) is 0 Å². The first-order valence-corrected chi connectivity index (χ1v) is 28.1. The van der Waals surface area contributed by atoms with Crippen LogP contribution in [0.2, 0.25) is 0 Å². The van der Waals surface area contributed by atoms with Crippen LogP contribution in [0.25, 0.3) is 54.9 Å². The van der Waals surface area contributed by atoms with Gasteiger partial charge in [-0.15, -0.1) is 74.6 Å². The quantitative estimate of drug-likeness (QED) is 0.105. The van der Waals surface area contributed by atoms with Crippen LogP contribution in [0.1, 0.15) is 88.5 Å². The van der Waals surface area contributed by atoms with Crippen molar-refractivity contribution in [3.63, 3.8) is 0 Å². The molecule has 8 aromatic rings. The van der Waals surface area contributed by atoms with E-state index >= 15 is 0 Å². The molecule has 0 spiro atoms. The van der Waals surface area contributed by atoms with Gasteiger partial charge in [0, 0.05) is 0 Å². The molecule has 0 amide bonds. The summed E-state index contributed by atoms with van der Waals surface area (Å²) in [6.45, 7) is 13.7. The maximum absolute atomic E-state index is 4.93. The molecule has 294 valence electrons. The molecule has 0 saturated heterocycles. The van der Waals surface area contributed by atoms with Gasteiger partial charge >= 0.3 is 37.9 Å². The average Bonchev–Trinajstić information content (AvgIpc) is 4.01. The number of rotatable bonds is 8. The van der Waals surface area contributed by atoms with E-state index in [9.17, 15) is 0 Å². The van der Waals surface area contributed by atoms with Gasteiger partial charge in [0.15, 0.2) is 0 Å². The van der Waals surface area contributed by atoms with Crippen LogP contribution in [0.4, 0.5) is 0 Å². The van der Waals surface area contributed by atoms with Gasteiger partial charge in [0.2, 0.25) is 0 Å². The topological polar surface area (TPSA) is 0 Å². The van der Waals surface area contributed by atoms with E-state index in [1.165, 1.54) is 100 Å². The Balaban J connectivity index is 0.000000145. The molecule has 0 nitrogen and oxygen atoms in total. The molecule has 1 aliphatic rings. The Morgan fingerprint density at radius 1 is 0.569 bits per heavy atom. The van der Waals surface area contributed by atoms with E-state index < -0.39 is 20.8 Å². The van der Waals surface area contributed by atoms with Gasteiger partial charge in [-0.1, -0.05) is 159 Å². The van der Waals surface area contributed by atoms with Crippen molar-refractivity contribution in [2.45, 2.75) is 79.1 Å². The Hall–Kier alpha value is -3.78. The van der Waals surface area contributed by atoms with Gasteiger partial charge in [-0.05, 0) is 48.6 Å². The van der Waals surface area contributed by atoms with Gasteiger partial charge in [0.25, 0.3) is 0 Å². The zero-order chi connectivity index (χ0) is 41.0. The first-order chi connectivity index (χ1) is 28.3. The standard InChI is InChI=1S/2C21H23.C12H7Si.2ClH.Zr/c2*1-4-15(3)19-12-11-18-13-16(5-2)14-20(18)21(19)17-9-7-6-8-10-17;1-3-7-11-9(5-1)10-6-2-4-8-12(10)13-11;;;/h2*6-15H,4-5H2,1-3H3;1-7H;2*1H;/q3*-1;;;+2/p-2. The zero-order valence-corrected chi connectivity index (χ0v) is 39.6. The summed E-state index contributed by atoms with van der Waals surface area (Å²) in [5.74, 6) is 1.18. The van der Waals surface area contributed by atoms with Crippen LogP contribution >= 0.6 is 17.0 Å². The Morgan fingerprint density at radius 3 is 1.48 bits per heavy atom. The molecule has 0 bridgehead atoms. The van der Waals surface area contributed by atoms with E-state index in [1.807, 2.05) is 6.07 Å². The molecule has 0 aliphatic carbocycles. The second-order valence-electron chi connectivity index (χ2n) is 15.1. The number of halogens is 2. The average molecular weight is 892 g/mol. The second kappa shape index (κ2) is 21.5. The van der Waals surface area contributed by atoms with Gasteiger partial charge < -0.3 is 0 Å². The third kappa shape index (κ3) is 10.1. The molecule has 0 fully saturated rings. The predicted molar refractivity (Wildman–Crippen MR) is 254 cm³/mol. The van der Waals surface area contributed by atoms with Crippen molar-refractivity contribution >= 4 is 58.5 Å². The fourth-order valence-corrected chi connectivity index (χ4v) is 9.28. The molecule has 9 rings (SSSR count). The summed E-state index contributed by atoms with van der Waals surface area (Å²) in [5, 5.41) is 8.39. The third-order valence-electron chi connectivity index (χ3n) is 11.5. The minimum Gasteiger partial charge on any atom is -0.184 e. The first-order valence-electron chi connectivity index (χ1n) is 20.7. The van der Waals surface area contributed by atoms with Crippen molar-refractivity contribution in [3.05, 3.63) is 180 Å². The van der Waals surface area contributed by atoms with E-state index in [0.29, 0.717) is 11.8 Å². The fourth-order valence-electron chi connectivity index (χ4n) is 7.97. The molecule has 0 saturated carbocycles. The summed E-state index contributed by atoms with van der Waals surface area (Å²) in [7, 11) is 10.7. The van der Waals surface area contributed by atoms with Crippen LogP contribution in [0, 0.1) is 6.07 Å². The Kier molecular flexibility index (Phi) is 16.2. The maximum Gasteiger partial charge on any atom is 0.0920 e. The summed E-state index contributed by atoms with van der Waals surface area (Å²) >= 11 is -0.826. The van der Waals surface area contributed by atoms with Gasteiger partial charge in [-0.3, -0.25) is 0 Å². The molecule has 2 unspecified atom stereocenters. The Morgan fingerprint density at radius 2 is 1.02 bits per heavy atom. The monoisotopic (exact) mass is 889 g/mol. The number of hydrogen-bond donors (Lipinski definition) is 0. The van der Waals surface area contributed by atoms with Crippen molar-refractivity contribution < 1.29 is 20.8 Å². The van der Waals surface area contributed by atoms with Crippen molar-refractivity contribution in [3.8, 4) is 33.4 Å². The molecule has 58 heavy (non-hydrogen) atoms. The molecule has 0 N–H and O–H groups in total. The van der Waals surface area contributed by atoms with Gasteiger partial charge in [-0.2, -0.15) is 41.6 Å². The molecule has 2 atom stereocenters. The van der Waals surface area contributed by atoms with Crippen molar-refractivity contribution in [2.75, 3.05) is 0 Å². The molecule has 0 aromatic heterocycles.